The van der Waals surface area contributed by atoms with Crippen molar-refractivity contribution in [1.29, 1.82) is 0 Å². The van der Waals surface area contributed by atoms with Crippen LogP contribution in [-0.2, 0) is 21.2 Å². The van der Waals surface area contributed by atoms with Gasteiger partial charge in [0.2, 0.25) is 15.9 Å². The molecule has 1 amide bonds. The predicted molar refractivity (Wildman–Crippen MR) is 100 cm³/mol. The Morgan fingerprint density at radius 1 is 1.00 bits per heavy atom. The van der Waals surface area contributed by atoms with E-state index in [9.17, 15) is 13.2 Å². The van der Waals surface area contributed by atoms with E-state index in [1.807, 2.05) is 32.0 Å². The van der Waals surface area contributed by atoms with E-state index in [4.69, 9.17) is 0 Å². The van der Waals surface area contributed by atoms with Gasteiger partial charge < -0.3 is 5.32 Å². The number of anilines is 1. The van der Waals surface area contributed by atoms with Crippen molar-refractivity contribution in [2.75, 3.05) is 11.9 Å². The summed E-state index contributed by atoms with van der Waals surface area (Å²) in [5, 5.41) is 2.96. The summed E-state index contributed by atoms with van der Waals surface area (Å²) in [5.41, 5.74) is 3.85. The number of sulfonamides is 1. The van der Waals surface area contributed by atoms with E-state index >= 15 is 0 Å². The first kappa shape index (κ1) is 19.1. The van der Waals surface area contributed by atoms with Gasteiger partial charge in [0.25, 0.3) is 0 Å². The number of carbonyl (C=O) groups excluding carboxylic acids is 1. The van der Waals surface area contributed by atoms with Crippen molar-refractivity contribution in [3.63, 3.8) is 0 Å². The van der Waals surface area contributed by atoms with Gasteiger partial charge in [-0.2, -0.15) is 0 Å². The number of para-hydroxylation sites is 1. The van der Waals surface area contributed by atoms with Crippen LogP contribution in [0, 0.1) is 13.8 Å². The monoisotopic (exact) mass is 360 g/mol. The predicted octanol–water partition coefficient (Wildman–Crippen LogP) is 3.17. The number of nitrogens with one attached hydrogen (secondary N) is 2. The molecule has 0 radical (unpaired) electrons. The van der Waals surface area contributed by atoms with Crippen molar-refractivity contribution >= 4 is 21.6 Å². The van der Waals surface area contributed by atoms with Gasteiger partial charge >= 0.3 is 0 Å². The maximum atomic E-state index is 12.2. The van der Waals surface area contributed by atoms with E-state index in [2.05, 4.69) is 10.0 Å². The molecular weight excluding hydrogens is 336 g/mol. The summed E-state index contributed by atoms with van der Waals surface area (Å²) < 4.78 is 26.3. The maximum Gasteiger partial charge on any atom is 0.240 e. The van der Waals surface area contributed by atoms with Crippen molar-refractivity contribution in [2.45, 2.75) is 38.5 Å². The molecule has 0 aliphatic rings. The maximum absolute atomic E-state index is 12.2. The minimum absolute atomic E-state index is 0.0539. The van der Waals surface area contributed by atoms with Crippen LogP contribution in [0.2, 0.25) is 0 Å². The second-order valence-electron chi connectivity index (χ2n) is 5.96. The Kier molecular flexibility index (Phi) is 6.33. The zero-order valence-electron chi connectivity index (χ0n) is 14.8. The van der Waals surface area contributed by atoms with Crippen LogP contribution >= 0.6 is 0 Å². The molecule has 0 atom stereocenters. The molecule has 0 aliphatic carbocycles. The average molecular weight is 360 g/mol. The molecule has 0 aliphatic heterocycles. The lowest BCUT2D eigenvalue weighted by molar-refractivity contribution is -0.116. The Hall–Kier alpha value is -2.18. The Balaban J connectivity index is 1.96. The number of hydrogen-bond acceptors (Lipinski definition) is 3. The molecule has 2 N–H and O–H groups in total. The fraction of sp³-hybridized carbons (Fsp3) is 0.316. The van der Waals surface area contributed by atoms with Crippen LogP contribution in [0.5, 0.6) is 0 Å². The Bertz CT molecular complexity index is 823. The first-order chi connectivity index (χ1) is 11.8. The van der Waals surface area contributed by atoms with Crippen molar-refractivity contribution in [2.24, 2.45) is 0 Å². The number of benzene rings is 2. The topological polar surface area (TPSA) is 75.3 Å². The van der Waals surface area contributed by atoms with Gasteiger partial charge in [-0.05, 0) is 49.1 Å². The summed E-state index contributed by atoms with van der Waals surface area (Å²) in [6.07, 6.45) is 0.894. The first-order valence-corrected chi connectivity index (χ1v) is 9.76. The zero-order valence-corrected chi connectivity index (χ0v) is 15.6. The number of hydrogen-bond donors (Lipinski definition) is 2. The molecule has 5 nitrogen and oxygen atoms in total. The van der Waals surface area contributed by atoms with Gasteiger partial charge in [-0.25, -0.2) is 13.1 Å². The van der Waals surface area contributed by atoms with Crippen LogP contribution in [0.15, 0.2) is 47.4 Å². The Morgan fingerprint density at radius 3 is 2.16 bits per heavy atom. The fourth-order valence-corrected chi connectivity index (χ4v) is 3.62. The largest absolute Gasteiger partial charge is 0.326 e. The number of carbonyl (C=O) groups is 1. The summed E-state index contributed by atoms with van der Waals surface area (Å²) in [7, 11) is -3.44. The van der Waals surface area contributed by atoms with E-state index in [0.717, 1.165) is 22.4 Å². The summed E-state index contributed by atoms with van der Waals surface area (Å²) in [6, 6.07) is 12.5. The lowest BCUT2D eigenvalue weighted by Crippen LogP contribution is -2.23. The van der Waals surface area contributed by atoms with Gasteiger partial charge in [0.1, 0.15) is 0 Å². The standard InChI is InChI=1S/C19H24N2O3S/c1-4-20-25(23,24)17-11-8-16(9-12-17)10-13-18(22)21-19-14(2)6-5-7-15(19)3/h5-9,11-12,20H,4,10,13H2,1-3H3,(H,21,22). The van der Waals surface area contributed by atoms with E-state index in [0.29, 0.717) is 19.4 Å². The van der Waals surface area contributed by atoms with E-state index in [1.54, 1.807) is 31.2 Å². The highest BCUT2D eigenvalue weighted by atomic mass is 32.2. The molecular formula is C19H24N2O3S. The van der Waals surface area contributed by atoms with E-state index < -0.39 is 10.0 Å². The van der Waals surface area contributed by atoms with Gasteiger partial charge in [-0.15, -0.1) is 0 Å². The van der Waals surface area contributed by atoms with Crippen LogP contribution in [0.25, 0.3) is 0 Å². The summed E-state index contributed by atoms with van der Waals surface area (Å²) in [5.74, 6) is -0.0539. The van der Waals surface area contributed by atoms with Crippen molar-refractivity contribution in [3.05, 3.63) is 59.2 Å². The third-order valence-corrected chi connectivity index (χ3v) is 5.52. The van der Waals surface area contributed by atoms with E-state index in [-0.39, 0.29) is 10.8 Å². The first-order valence-electron chi connectivity index (χ1n) is 8.28. The summed E-state index contributed by atoms with van der Waals surface area (Å²) >= 11 is 0. The Morgan fingerprint density at radius 2 is 1.60 bits per heavy atom. The third-order valence-electron chi connectivity index (χ3n) is 3.95. The molecule has 0 spiro atoms. The number of amides is 1. The van der Waals surface area contributed by atoms with Crippen LogP contribution in [-0.4, -0.2) is 20.9 Å². The minimum atomic E-state index is -3.44. The zero-order chi connectivity index (χ0) is 18.4. The minimum Gasteiger partial charge on any atom is -0.326 e. The highest BCUT2D eigenvalue weighted by Crippen LogP contribution is 2.20. The van der Waals surface area contributed by atoms with Crippen LogP contribution in [0.1, 0.15) is 30.0 Å². The SMILES string of the molecule is CCNS(=O)(=O)c1ccc(CCC(=O)Nc2c(C)cccc2C)cc1. The second kappa shape index (κ2) is 8.27. The number of rotatable bonds is 7. The Labute approximate surface area is 149 Å². The molecule has 0 aromatic heterocycles. The summed E-state index contributed by atoms with van der Waals surface area (Å²) in [4.78, 5) is 12.4. The van der Waals surface area contributed by atoms with Gasteiger partial charge in [0.15, 0.2) is 0 Å². The molecule has 0 saturated carbocycles. The molecule has 6 heteroatoms. The molecule has 2 aromatic rings. The highest BCUT2D eigenvalue weighted by Gasteiger charge is 2.12. The van der Waals surface area contributed by atoms with Gasteiger partial charge in [-0.1, -0.05) is 37.3 Å². The number of aryl methyl sites for hydroxylation is 3. The molecule has 0 saturated heterocycles. The quantitative estimate of drug-likeness (QED) is 0.796. The third kappa shape index (κ3) is 5.14. The van der Waals surface area contributed by atoms with Crippen molar-refractivity contribution in [1.82, 2.24) is 4.72 Å². The second-order valence-corrected chi connectivity index (χ2v) is 7.73. The lowest BCUT2D eigenvalue weighted by atomic mass is 10.1. The molecule has 2 rings (SSSR count). The lowest BCUT2D eigenvalue weighted by Gasteiger charge is -2.11. The van der Waals surface area contributed by atoms with Crippen LogP contribution in [0.4, 0.5) is 5.69 Å². The van der Waals surface area contributed by atoms with Gasteiger partial charge in [-0.3, -0.25) is 4.79 Å². The van der Waals surface area contributed by atoms with Gasteiger partial charge in [0, 0.05) is 18.7 Å². The van der Waals surface area contributed by atoms with Crippen molar-refractivity contribution in [3.8, 4) is 0 Å². The van der Waals surface area contributed by atoms with Crippen molar-refractivity contribution < 1.29 is 13.2 Å². The normalized spacial score (nSPS) is 11.3. The molecule has 0 fully saturated rings. The average Bonchev–Trinajstić information content (AvgIpc) is 2.57. The van der Waals surface area contributed by atoms with Gasteiger partial charge in [0.05, 0.1) is 4.90 Å². The molecule has 0 bridgehead atoms. The highest BCUT2D eigenvalue weighted by molar-refractivity contribution is 7.89. The molecule has 25 heavy (non-hydrogen) atoms. The molecule has 0 heterocycles. The molecule has 134 valence electrons. The molecule has 2 aromatic carbocycles. The summed E-state index contributed by atoms with van der Waals surface area (Å²) in [6.45, 7) is 6.02. The smallest absolute Gasteiger partial charge is 0.240 e. The molecule has 0 unspecified atom stereocenters. The van der Waals surface area contributed by atoms with Crippen LogP contribution < -0.4 is 10.0 Å². The van der Waals surface area contributed by atoms with Crippen LogP contribution in [0.3, 0.4) is 0 Å². The van der Waals surface area contributed by atoms with E-state index in [1.165, 1.54) is 0 Å². The fourth-order valence-electron chi connectivity index (χ4n) is 2.58.